The van der Waals surface area contributed by atoms with Crippen LogP contribution in [0.4, 0.5) is 0 Å². The van der Waals surface area contributed by atoms with Gasteiger partial charge in [0.1, 0.15) is 4.83 Å². The number of thioether (sulfide) groups is 1. The molecule has 2 heterocycles. The maximum absolute atomic E-state index is 13.3. The predicted octanol–water partition coefficient (Wildman–Crippen LogP) is 4.14. The van der Waals surface area contributed by atoms with Crippen LogP contribution in [0, 0.1) is 0 Å². The summed E-state index contributed by atoms with van der Waals surface area (Å²) in [6, 6.07) is 0.100. The minimum atomic E-state index is -0.291. The molecule has 0 bridgehead atoms. The second-order valence-corrected chi connectivity index (χ2v) is 9.91. The van der Waals surface area contributed by atoms with Gasteiger partial charge in [0.25, 0.3) is 5.56 Å². The summed E-state index contributed by atoms with van der Waals surface area (Å²) in [5.74, 6) is -0.0156. The van der Waals surface area contributed by atoms with E-state index in [1.165, 1.54) is 22.2 Å². The summed E-state index contributed by atoms with van der Waals surface area (Å²) in [5, 5.41) is 4.16. The molecule has 0 fully saturated rings. The largest absolute Gasteiger partial charge is 0.353 e. The molecule has 0 aliphatic heterocycles. The summed E-state index contributed by atoms with van der Waals surface area (Å²) in [5.41, 5.74) is 1.30. The van der Waals surface area contributed by atoms with E-state index in [9.17, 15) is 9.59 Å². The third-order valence-corrected chi connectivity index (χ3v) is 7.13. The van der Waals surface area contributed by atoms with Crippen LogP contribution in [0.3, 0.4) is 0 Å². The Morgan fingerprint density at radius 1 is 1.30 bits per heavy atom. The van der Waals surface area contributed by atoms with Gasteiger partial charge in [-0.05, 0) is 52.0 Å². The normalized spacial score (nSPS) is 14.7. The molecule has 1 aliphatic rings. The number of aryl methyl sites for hydroxylation is 2. The molecule has 27 heavy (non-hydrogen) atoms. The Bertz CT molecular complexity index is 885. The fourth-order valence-corrected chi connectivity index (χ4v) is 5.73. The van der Waals surface area contributed by atoms with Gasteiger partial charge in [-0.15, -0.1) is 11.3 Å². The van der Waals surface area contributed by atoms with Gasteiger partial charge in [-0.3, -0.25) is 14.2 Å². The Kier molecular flexibility index (Phi) is 6.63. The van der Waals surface area contributed by atoms with Gasteiger partial charge in [-0.2, -0.15) is 0 Å². The molecule has 0 saturated carbocycles. The van der Waals surface area contributed by atoms with E-state index in [-0.39, 0.29) is 22.8 Å². The van der Waals surface area contributed by atoms with Crippen LogP contribution in [-0.2, 0) is 24.2 Å². The third-order valence-electron chi connectivity index (χ3n) is 4.86. The lowest BCUT2D eigenvalue weighted by Crippen LogP contribution is -2.36. The standard InChI is InChI=1S/C20H29N3O2S2/c1-5-6-7-11-23-19(25)16-14-9-8-10-15(14)27-18(16)22-20(23)26-13(4)17(24)21-12(2)3/h12-13H,5-11H2,1-4H3,(H,21,24). The highest BCUT2D eigenvalue weighted by molar-refractivity contribution is 8.00. The quantitative estimate of drug-likeness (QED) is 0.406. The first-order valence-electron chi connectivity index (χ1n) is 9.94. The number of thiophene rings is 1. The average Bonchev–Trinajstić information content (AvgIpc) is 3.17. The fourth-order valence-electron chi connectivity index (χ4n) is 3.48. The number of hydrogen-bond donors (Lipinski definition) is 1. The Morgan fingerprint density at radius 3 is 2.78 bits per heavy atom. The molecule has 0 spiro atoms. The average molecular weight is 408 g/mol. The number of hydrogen-bond acceptors (Lipinski definition) is 5. The highest BCUT2D eigenvalue weighted by Gasteiger charge is 2.25. The van der Waals surface area contributed by atoms with E-state index in [1.54, 1.807) is 11.3 Å². The summed E-state index contributed by atoms with van der Waals surface area (Å²) < 4.78 is 1.81. The number of carbonyl (C=O) groups is 1. The smallest absolute Gasteiger partial charge is 0.263 e. The Labute approximate surface area is 169 Å². The Balaban J connectivity index is 1.98. The van der Waals surface area contributed by atoms with Crippen molar-refractivity contribution in [3.63, 3.8) is 0 Å². The molecule has 1 aliphatic carbocycles. The van der Waals surface area contributed by atoms with E-state index < -0.39 is 0 Å². The predicted molar refractivity (Wildman–Crippen MR) is 114 cm³/mol. The lowest BCUT2D eigenvalue weighted by Gasteiger charge is -2.17. The number of rotatable bonds is 8. The van der Waals surface area contributed by atoms with E-state index in [1.807, 2.05) is 25.3 Å². The number of unbranched alkanes of at least 4 members (excludes halogenated alkanes) is 2. The molecule has 3 rings (SSSR count). The van der Waals surface area contributed by atoms with Gasteiger partial charge in [0.2, 0.25) is 5.91 Å². The van der Waals surface area contributed by atoms with Crippen LogP contribution in [0.2, 0.25) is 0 Å². The molecule has 5 nitrogen and oxygen atoms in total. The van der Waals surface area contributed by atoms with Crippen molar-refractivity contribution in [3.8, 4) is 0 Å². The summed E-state index contributed by atoms with van der Waals surface area (Å²) in [6.45, 7) is 8.61. The van der Waals surface area contributed by atoms with Crippen LogP contribution in [0.1, 0.15) is 63.8 Å². The lowest BCUT2D eigenvalue weighted by molar-refractivity contribution is -0.120. The zero-order chi connectivity index (χ0) is 19.6. The van der Waals surface area contributed by atoms with Gasteiger partial charge >= 0.3 is 0 Å². The number of amides is 1. The molecular weight excluding hydrogens is 378 g/mol. The van der Waals surface area contributed by atoms with Gasteiger partial charge in [0.15, 0.2) is 5.16 Å². The van der Waals surface area contributed by atoms with Crippen LogP contribution in [0.25, 0.3) is 10.2 Å². The third kappa shape index (κ3) is 4.40. The monoisotopic (exact) mass is 407 g/mol. The molecule has 0 radical (unpaired) electrons. The maximum atomic E-state index is 13.3. The number of nitrogens with one attached hydrogen (secondary N) is 1. The van der Waals surface area contributed by atoms with Crippen LogP contribution in [0.5, 0.6) is 0 Å². The first-order chi connectivity index (χ1) is 12.9. The SMILES string of the molecule is CCCCCn1c(SC(C)C(=O)NC(C)C)nc2sc3c(c2c1=O)CCC3. The van der Waals surface area contributed by atoms with E-state index in [2.05, 4.69) is 12.2 Å². The molecule has 0 aromatic carbocycles. The van der Waals surface area contributed by atoms with Gasteiger partial charge in [-0.25, -0.2) is 4.98 Å². The van der Waals surface area contributed by atoms with E-state index in [0.717, 1.165) is 48.7 Å². The zero-order valence-electron chi connectivity index (χ0n) is 16.6. The molecular formula is C20H29N3O2S2. The van der Waals surface area contributed by atoms with Gasteiger partial charge < -0.3 is 5.32 Å². The van der Waals surface area contributed by atoms with Gasteiger partial charge in [-0.1, -0.05) is 31.5 Å². The first-order valence-corrected chi connectivity index (χ1v) is 11.6. The zero-order valence-corrected chi connectivity index (χ0v) is 18.3. The molecule has 2 aromatic rings. The number of nitrogens with zero attached hydrogens (tertiary/aromatic N) is 2. The second-order valence-electron chi connectivity index (χ2n) is 7.52. The molecule has 7 heteroatoms. The molecule has 148 valence electrons. The van der Waals surface area contributed by atoms with Crippen molar-refractivity contribution in [2.24, 2.45) is 0 Å². The highest BCUT2D eigenvalue weighted by Crippen LogP contribution is 2.36. The van der Waals surface area contributed by atoms with Crippen LogP contribution in [-0.4, -0.2) is 26.8 Å². The van der Waals surface area contributed by atoms with Crippen molar-refractivity contribution in [3.05, 3.63) is 20.8 Å². The summed E-state index contributed by atoms with van der Waals surface area (Å²) in [7, 11) is 0. The van der Waals surface area contributed by atoms with Crippen molar-refractivity contribution in [2.75, 3.05) is 0 Å². The highest BCUT2D eigenvalue weighted by atomic mass is 32.2. The first kappa shape index (κ1) is 20.4. The molecule has 2 aromatic heterocycles. The van der Waals surface area contributed by atoms with Crippen LogP contribution >= 0.6 is 23.1 Å². The van der Waals surface area contributed by atoms with Crippen LogP contribution in [0.15, 0.2) is 9.95 Å². The van der Waals surface area contributed by atoms with Crippen LogP contribution < -0.4 is 10.9 Å². The van der Waals surface area contributed by atoms with E-state index in [0.29, 0.717) is 11.7 Å². The van der Waals surface area contributed by atoms with Crippen molar-refractivity contribution < 1.29 is 4.79 Å². The van der Waals surface area contributed by atoms with Crippen molar-refractivity contribution in [1.29, 1.82) is 0 Å². The molecule has 0 saturated heterocycles. The summed E-state index contributed by atoms with van der Waals surface area (Å²) >= 11 is 3.05. The number of carbonyl (C=O) groups excluding carboxylic acids is 1. The van der Waals surface area contributed by atoms with E-state index >= 15 is 0 Å². The molecule has 1 N–H and O–H groups in total. The molecule has 1 amide bonds. The minimum Gasteiger partial charge on any atom is -0.353 e. The van der Waals surface area contributed by atoms with Gasteiger partial charge in [0, 0.05) is 17.5 Å². The van der Waals surface area contributed by atoms with Crippen molar-refractivity contribution >= 4 is 39.2 Å². The van der Waals surface area contributed by atoms with Crippen molar-refractivity contribution in [1.82, 2.24) is 14.9 Å². The van der Waals surface area contributed by atoms with Crippen molar-refractivity contribution in [2.45, 2.75) is 89.2 Å². The van der Waals surface area contributed by atoms with E-state index in [4.69, 9.17) is 4.98 Å². The molecule has 1 atom stereocenters. The maximum Gasteiger partial charge on any atom is 0.263 e. The van der Waals surface area contributed by atoms with Gasteiger partial charge in [0.05, 0.1) is 10.6 Å². The Hall–Kier alpha value is -1.34. The number of fused-ring (bicyclic) bond motifs is 3. The molecule has 1 unspecified atom stereocenters. The summed E-state index contributed by atoms with van der Waals surface area (Å²) in [6.07, 6.45) is 6.32. The Morgan fingerprint density at radius 2 is 2.07 bits per heavy atom. The fraction of sp³-hybridized carbons (Fsp3) is 0.650. The summed E-state index contributed by atoms with van der Waals surface area (Å²) in [4.78, 5) is 32.7. The minimum absolute atomic E-state index is 0.0156. The number of aromatic nitrogens is 2. The lowest BCUT2D eigenvalue weighted by atomic mass is 10.2. The second kappa shape index (κ2) is 8.78. The topological polar surface area (TPSA) is 64.0 Å².